The number of nitrogens with one attached hydrogen (secondary N) is 2. The first-order chi connectivity index (χ1) is 8.24. The number of likely N-dealkylation sites (N-methyl/N-ethyl adjacent to an activating group) is 1. The number of ether oxygens (including phenoxy) is 1. The minimum absolute atomic E-state index is 0.0177. The van der Waals surface area contributed by atoms with Gasteiger partial charge in [-0.15, -0.1) is 0 Å². The molecule has 0 radical (unpaired) electrons. The molecule has 1 amide bonds. The maximum Gasteiger partial charge on any atom is 0.262 e. The third kappa shape index (κ3) is 2.57. The smallest absolute Gasteiger partial charge is 0.262 e. The molecule has 5 nitrogen and oxygen atoms in total. The number of amides is 1. The number of fused-ring (bicyclic) bond motifs is 1. The number of benzene rings is 1. The maximum absolute atomic E-state index is 11.2. The highest BCUT2D eigenvalue weighted by molar-refractivity contribution is 5.95. The molecule has 1 aromatic rings. The number of anilines is 1. The van der Waals surface area contributed by atoms with Gasteiger partial charge in [-0.25, -0.2) is 0 Å². The van der Waals surface area contributed by atoms with Crippen LogP contribution in [0.25, 0.3) is 0 Å². The molecule has 92 valence electrons. The van der Waals surface area contributed by atoms with Crippen LogP contribution in [0.5, 0.6) is 5.75 Å². The number of aliphatic hydroxyl groups is 1. The summed E-state index contributed by atoms with van der Waals surface area (Å²) in [7, 11) is 1.84. The van der Waals surface area contributed by atoms with Crippen molar-refractivity contribution in [1.29, 1.82) is 0 Å². The Kier molecular flexibility index (Phi) is 3.61. The van der Waals surface area contributed by atoms with Crippen molar-refractivity contribution in [3.63, 3.8) is 0 Å². The van der Waals surface area contributed by atoms with Crippen LogP contribution in [0.15, 0.2) is 18.2 Å². The van der Waals surface area contributed by atoms with Gasteiger partial charge in [0.15, 0.2) is 6.61 Å². The summed E-state index contributed by atoms with van der Waals surface area (Å²) in [6.07, 6.45) is 0. The lowest BCUT2D eigenvalue weighted by Gasteiger charge is -2.21. The van der Waals surface area contributed by atoms with E-state index in [1.54, 1.807) is 0 Å². The Hall–Kier alpha value is -1.59. The molecule has 0 saturated carbocycles. The number of hydrogen-bond donors (Lipinski definition) is 3. The molecular weight excluding hydrogens is 220 g/mol. The van der Waals surface area contributed by atoms with E-state index in [1.807, 2.05) is 25.2 Å². The SMILES string of the molecule is CNCC(CO)c1ccc2c(c1)NC(=O)CO2. The van der Waals surface area contributed by atoms with E-state index in [0.717, 1.165) is 5.56 Å². The van der Waals surface area contributed by atoms with Crippen molar-refractivity contribution in [2.45, 2.75) is 5.92 Å². The van der Waals surface area contributed by atoms with Gasteiger partial charge in [-0.05, 0) is 24.7 Å². The lowest BCUT2D eigenvalue weighted by molar-refractivity contribution is -0.118. The van der Waals surface area contributed by atoms with Crippen LogP contribution in [0.3, 0.4) is 0 Å². The molecule has 0 aliphatic carbocycles. The van der Waals surface area contributed by atoms with Crippen molar-refractivity contribution in [2.24, 2.45) is 0 Å². The van der Waals surface area contributed by atoms with E-state index in [9.17, 15) is 9.90 Å². The molecule has 5 heteroatoms. The number of carbonyl (C=O) groups excluding carboxylic acids is 1. The monoisotopic (exact) mass is 236 g/mol. The van der Waals surface area contributed by atoms with E-state index in [4.69, 9.17) is 4.74 Å². The normalized spacial score (nSPS) is 15.8. The first kappa shape index (κ1) is 11.9. The molecule has 1 aromatic carbocycles. The summed E-state index contributed by atoms with van der Waals surface area (Å²) in [6, 6.07) is 5.58. The summed E-state index contributed by atoms with van der Waals surface area (Å²) < 4.78 is 5.27. The molecule has 1 heterocycles. The fourth-order valence-corrected chi connectivity index (χ4v) is 1.89. The first-order valence-corrected chi connectivity index (χ1v) is 5.56. The fourth-order valence-electron chi connectivity index (χ4n) is 1.89. The standard InChI is InChI=1S/C12H16N2O3/c1-13-5-9(6-15)8-2-3-11-10(4-8)14-12(16)7-17-11/h2-4,9,13,15H,5-7H2,1H3,(H,14,16). The second kappa shape index (κ2) is 5.16. The summed E-state index contributed by atoms with van der Waals surface area (Å²) in [4.78, 5) is 11.2. The van der Waals surface area contributed by atoms with E-state index in [1.165, 1.54) is 0 Å². The van der Waals surface area contributed by atoms with Gasteiger partial charge in [0.25, 0.3) is 5.91 Å². The van der Waals surface area contributed by atoms with Crippen molar-refractivity contribution < 1.29 is 14.6 Å². The third-order valence-electron chi connectivity index (χ3n) is 2.78. The van der Waals surface area contributed by atoms with Crippen molar-refractivity contribution in [1.82, 2.24) is 5.32 Å². The number of hydrogen-bond acceptors (Lipinski definition) is 4. The molecule has 1 atom stereocenters. The van der Waals surface area contributed by atoms with Crippen LogP contribution < -0.4 is 15.4 Å². The number of carbonyl (C=O) groups is 1. The topological polar surface area (TPSA) is 70.6 Å². The lowest BCUT2D eigenvalue weighted by atomic mass is 9.99. The Morgan fingerprint density at radius 1 is 1.59 bits per heavy atom. The Morgan fingerprint density at radius 2 is 2.41 bits per heavy atom. The van der Waals surface area contributed by atoms with Crippen LogP contribution in [0.2, 0.25) is 0 Å². The Labute approximate surface area is 99.8 Å². The van der Waals surface area contributed by atoms with Crippen LogP contribution >= 0.6 is 0 Å². The second-order valence-corrected chi connectivity index (χ2v) is 4.03. The second-order valence-electron chi connectivity index (χ2n) is 4.03. The zero-order valence-electron chi connectivity index (χ0n) is 9.69. The molecule has 0 bridgehead atoms. The number of aliphatic hydroxyl groups excluding tert-OH is 1. The number of rotatable bonds is 4. The van der Waals surface area contributed by atoms with Gasteiger partial charge < -0.3 is 20.5 Å². The third-order valence-corrected chi connectivity index (χ3v) is 2.78. The Bertz CT molecular complexity index is 420. The lowest BCUT2D eigenvalue weighted by Crippen LogP contribution is -2.26. The van der Waals surface area contributed by atoms with Crippen molar-refractivity contribution in [2.75, 3.05) is 32.1 Å². The summed E-state index contributed by atoms with van der Waals surface area (Å²) >= 11 is 0. The van der Waals surface area contributed by atoms with Crippen molar-refractivity contribution in [3.05, 3.63) is 23.8 Å². The van der Waals surface area contributed by atoms with Crippen molar-refractivity contribution >= 4 is 11.6 Å². The van der Waals surface area contributed by atoms with Gasteiger partial charge in [0, 0.05) is 12.5 Å². The molecule has 3 N–H and O–H groups in total. The Morgan fingerprint density at radius 3 is 3.12 bits per heavy atom. The molecular formula is C12H16N2O3. The van der Waals surface area contributed by atoms with Gasteiger partial charge in [0.2, 0.25) is 0 Å². The minimum atomic E-state index is -0.149. The molecule has 1 aliphatic rings. The molecule has 2 rings (SSSR count). The maximum atomic E-state index is 11.2. The fraction of sp³-hybridized carbons (Fsp3) is 0.417. The van der Waals surface area contributed by atoms with Crippen LogP contribution in [0.4, 0.5) is 5.69 Å². The zero-order valence-corrected chi connectivity index (χ0v) is 9.69. The van der Waals surface area contributed by atoms with Gasteiger partial charge >= 0.3 is 0 Å². The summed E-state index contributed by atoms with van der Waals surface area (Å²) in [5.74, 6) is 0.544. The summed E-state index contributed by atoms with van der Waals surface area (Å²) in [6.45, 7) is 0.810. The highest BCUT2D eigenvalue weighted by Gasteiger charge is 2.18. The van der Waals surface area contributed by atoms with Gasteiger partial charge in [0.05, 0.1) is 12.3 Å². The summed E-state index contributed by atoms with van der Waals surface area (Å²) in [5, 5.41) is 15.1. The van der Waals surface area contributed by atoms with Crippen LogP contribution in [0, 0.1) is 0 Å². The van der Waals surface area contributed by atoms with E-state index in [-0.39, 0.29) is 25.0 Å². The Balaban J connectivity index is 2.25. The predicted octanol–water partition coefficient (Wildman–Crippen LogP) is 0.313. The average Bonchev–Trinajstić information content (AvgIpc) is 2.35. The van der Waals surface area contributed by atoms with E-state index < -0.39 is 0 Å². The van der Waals surface area contributed by atoms with Gasteiger partial charge in [-0.1, -0.05) is 6.07 Å². The highest BCUT2D eigenvalue weighted by Crippen LogP contribution is 2.30. The van der Waals surface area contributed by atoms with E-state index in [0.29, 0.717) is 18.0 Å². The van der Waals surface area contributed by atoms with E-state index >= 15 is 0 Å². The molecule has 1 aliphatic heterocycles. The van der Waals surface area contributed by atoms with Crippen LogP contribution in [0.1, 0.15) is 11.5 Å². The molecule has 0 fully saturated rings. The molecule has 1 unspecified atom stereocenters. The zero-order chi connectivity index (χ0) is 12.3. The van der Waals surface area contributed by atoms with Crippen LogP contribution in [-0.4, -0.2) is 37.8 Å². The quantitative estimate of drug-likeness (QED) is 0.704. The molecule has 0 spiro atoms. The highest BCUT2D eigenvalue weighted by atomic mass is 16.5. The average molecular weight is 236 g/mol. The van der Waals surface area contributed by atoms with Gasteiger partial charge in [-0.2, -0.15) is 0 Å². The molecule has 0 aromatic heterocycles. The molecule has 0 saturated heterocycles. The van der Waals surface area contributed by atoms with Gasteiger partial charge in [0.1, 0.15) is 5.75 Å². The van der Waals surface area contributed by atoms with E-state index in [2.05, 4.69) is 10.6 Å². The molecule has 17 heavy (non-hydrogen) atoms. The van der Waals surface area contributed by atoms with Gasteiger partial charge in [-0.3, -0.25) is 4.79 Å². The first-order valence-electron chi connectivity index (χ1n) is 5.56. The summed E-state index contributed by atoms with van der Waals surface area (Å²) in [5.41, 5.74) is 1.65. The largest absolute Gasteiger partial charge is 0.482 e. The van der Waals surface area contributed by atoms with Crippen LogP contribution in [-0.2, 0) is 4.79 Å². The van der Waals surface area contributed by atoms with Crippen molar-refractivity contribution in [3.8, 4) is 5.75 Å². The minimum Gasteiger partial charge on any atom is -0.482 e. The predicted molar refractivity (Wildman–Crippen MR) is 64.3 cm³/mol.